The van der Waals surface area contributed by atoms with Crippen LogP contribution >= 0.6 is 22.6 Å². The largest absolute Gasteiger partial charge is 0.354 e. The quantitative estimate of drug-likeness (QED) is 0.795. The Balaban J connectivity index is 2.06. The molecule has 5 heteroatoms. The predicted molar refractivity (Wildman–Crippen MR) is 72.7 cm³/mol. The lowest BCUT2D eigenvalue weighted by Crippen LogP contribution is -2.50. The third-order valence-electron chi connectivity index (χ3n) is 2.71. The lowest BCUT2D eigenvalue weighted by Gasteiger charge is -2.22. The number of rotatable bonds is 2. The van der Waals surface area contributed by atoms with Gasteiger partial charge in [-0.2, -0.15) is 0 Å². The van der Waals surface area contributed by atoms with Crippen molar-refractivity contribution in [1.29, 1.82) is 0 Å². The maximum Gasteiger partial charge on any atom is 0.253 e. The molecule has 0 spiro atoms. The topological polar surface area (TPSA) is 58.2 Å². The molecule has 1 aromatic rings. The smallest absolute Gasteiger partial charge is 0.253 e. The summed E-state index contributed by atoms with van der Waals surface area (Å²) in [5, 5.41) is 5.52. The standard InChI is InChI=1S/C12H13IN2O2/c13-9-5-2-1-4-8(9)11(16)15-10-6-3-7-14-12(10)17/h1-2,4-5,10H,3,6-7H2,(H,14,17)(H,15,16)/t10-/m1/s1. The second-order valence-electron chi connectivity index (χ2n) is 3.94. The van der Waals surface area contributed by atoms with Gasteiger partial charge in [0.05, 0.1) is 5.56 Å². The molecule has 0 radical (unpaired) electrons. The average molecular weight is 344 g/mol. The van der Waals surface area contributed by atoms with Crippen LogP contribution in [0.5, 0.6) is 0 Å². The first-order valence-electron chi connectivity index (χ1n) is 5.51. The van der Waals surface area contributed by atoms with Crippen molar-refractivity contribution in [2.24, 2.45) is 0 Å². The zero-order chi connectivity index (χ0) is 12.3. The van der Waals surface area contributed by atoms with Crippen molar-refractivity contribution in [2.45, 2.75) is 18.9 Å². The lowest BCUT2D eigenvalue weighted by atomic mass is 10.1. The molecule has 2 rings (SSSR count). The Morgan fingerprint density at radius 1 is 1.41 bits per heavy atom. The first-order valence-corrected chi connectivity index (χ1v) is 6.59. The lowest BCUT2D eigenvalue weighted by molar-refractivity contribution is -0.124. The molecule has 1 aliphatic rings. The molecule has 0 aromatic heterocycles. The van der Waals surface area contributed by atoms with Crippen LogP contribution in [0.1, 0.15) is 23.2 Å². The van der Waals surface area contributed by atoms with Gasteiger partial charge in [-0.15, -0.1) is 0 Å². The van der Waals surface area contributed by atoms with Gasteiger partial charge < -0.3 is 10.6 Å². The summed E-state index contributed by atoms with van der Waals surface area (Å²) in [4.78, 5) is 23.5. The van der Waals surface area contributed by atoms with Crippen LogP contribution in [0, 0.1) is 3.57 Å². The van der Waals surface area contributed by atoms with Gasteiger partial charge in [0.25, 0.3) is 5.91 Å². The van der Waals surface area contributed by atoms with E-state index in [0.717, 1.165) is 9.99 Å². The maximum atomic E-state index is 12.0. The fourth-order valence-corrected chi connectivity index (χ4v) is 2.42. The van der Waals surface area contributed by atoms with Crippen molar-refractivity contribution in [3.05, 3.63) is 33.4 Å². The number of nitrogens with one attached hydrogen (secondary N) is 2. The summed E-state index contributed by atoms with van der Waals surface area (Å²) >= 11 is 2.11. The molecule has 1 aliphatic heterocycles. The number of amides is 2. The van der Waals surface area contributed by atoms with Crippen molar-refractivity contribution in [1.82, 2.24) is 10.6 Å². The number of hydrogen-bond acceptors (Lipinski definition) is 2. The summed E-state index contributed by atoms with van der Waals surface area (Å²) in [6.45, 7) is 0.702. The van der Waals surface area contributed by atoms with Gasteiger partial charge in [-0.1, -0.05) is 12.1 Å². The minimum Gasteiger partial charge on any atom is -0.354 e. The van der Waals surface area contributed by atoms with Gasteiger partial charge >= 0.3 is 0 Å². The molecule has 1 fully saturated rings. The van der Waals surface area contributed by atoms with Crippen molar-refractivity contribution in [3.8, 4) is 0 Å². The van der Waals surface area contributed by atoms with Crippen molar-refractivity contribution in [2.75, 3.05) is 6.54 Å². The van der Waals surface area contributed by atoms with Gasteiger partial charge in [0, 0.05) is 10.1 Å². The molecule has 0 saturated carbocycles. The average Bonchev–Trinajstić information content (AvgIpc) is 2.32. The highest BCUT2D eigenvalue weighted by molar-refractivity contribution is 14.1. The van der Waals surface area contributed by atoms with E-state index in [2.05, 4.69) is 33.2 Å². The highest BCUT2D eigenvalue weighted by atomic mass is 127. The molecule has 1 heterocycles. The minimum atomic E-state index is -0.396. The first-order chi connectivity index (χ1) is 8.18. The molecule has 1 saturated heterocycles. The third-order valence-corrected chi connectivity index (χ3v) is 3.65. The Morgan fingerprint density at radius 2 is 2.18 bits per heavy atom. The summed E-state index contributed by atoms with van der Waals surface area (Å²) in [6, 6.07) is 6.94. The highest BCUT2D eigenvalue weighted by Gasteiger charge is 2.24. The van der Waals surface area contributed by atoms with Crippen LogP contribution in [0.3, 0.4) is 0 Å². The number of piperidine rings is 1. The molecule has 17 heavy (non-hydrogen) atoms. The predicted octanol–water partition coefficient (Wildman–Crippen LogP) is 1.30. The Labute approximate surface area is 113 Å². The van der Waals surface area contributed by atoms with E-state index in [9.17, 15) is 9.59 Å². The van der Waals surface area contributed by atoms with E-state index in [-0.39, 0.29) is 11.8 Å². The third kappa shape index (κ3) is 2.96. The molecule has 2 amide bonds. The van der Waals surface area contributed by atoms with E-state index in [1.54, 1.807) is 6.07 Å². The number of benzene rings is 1. The summed E-state index contributed by atoms with van der Waals surface area (Å²) in [5.74, 6) is -0.271. The summed E-state index contributed by atoms with van der Waals surface area (Å²) in [5.41, 5.74) is 0.617. The van der Waals surface area contributed by atoms with Crippen molar-refractivity contribution in [3.63, 3.8) is 0 Å². The molecule has 0 bridgehead atoms. The molecular formula is C12H13IN2O2. The molecule has 2 N–H and O–H groups in total. The van der Waals surface area contributed by atoms with E-state index >= 15 is 0 Å². The number of carbonyl (C=O) groups excluding carboxylic acids is 2. The Morgan fingerprint density at radius 3 is 2.88 bits per heavy atom. The van der Waals surface area contributed by atoms with E-state index in [0.29, 0.717) is 18.5 Å². The van der Waals surface area contributed by atoms with Crippen molar-refractivity contribution < 1.29 is 9.59 Å². The van der Waals surface area contributed by atoms with Crippen molar-refractivity contribution >= 4 is 34.4 Å². The van der Waals surface area contributed by atoms with Crippen LogP contribution in [0.4, 0.5) is 0 Å². The molecule has 0 aliphatic carbocycles. The zero-order valence-corrected chi connectivity index (χ0v) is 11.4. The van der Waals surface area contributed by atoms with Gasteiger partial charge in [0.15, 0.2) is 0 Å². The Bertz CT molecular complexity index is 448. The van der Waals surface area contributed by atoms with Gasteiger partial charge in [-0.3, -0.25) is 9.59 Å². The van der Waals surface area contributed by atoms with Crippen LogP contribution in [0.25, 0.3) is 0 Å². The van der Waals surface area contributed by atoms with Crippen LogP contribution in [-0.2, 0) is 4.79 Å². The van der Waals surface area contributed by atoms with Crippen LogP contribution in [0.15, 0.2) is 24.3 Å². The van der Waals surface area contributed by atoms with Crippen LogP contribution in [-0.4, -0.2) is 24.4 Å². The second-order valence-corrected chi connectivity index (χ2v) is 5.10. The van der Waals surface area contributed by atoms with Crippen LogP contribution in [0.2, 0.25) is 0 Å². The molecular weight excluding hydrogens is 331 g/mol. The van der Waals surface area contributed by atoms with Gasteiger partial charge in [-0.25, -0.2) is 0 Å². The number of halogens is 1. The Hall–Kier alpha value is -1.11. The number of hydrogen-bond donors (Lipinski definition) is 2. The maximum absolute atomic E-state index is 12.0. The fraction of sp³-hybridized carbons (Fsp3) is 0.333. The monoisotopic (exact) mass is 344 g/mol. The SMILES string of the molecule is O=C(N[C@@H]1CCCNC1=O)c1ccccc1I. The van der Waals surface area contributed by atoms with E-state index < -0.39 is 6.04 Å². The fourth-order valence-electron chi connectivity index (χ4n) is 1.79. The first kappa shape index (κ1) is 12.3. The molecule has 1 atom stereocenters. The van der Waals surface area contributed by atoms with Gasteiger partial charge in [0.1, 0.15) is 6.04 Å². The van der Waals surface area contributed by atoms with Gasteiger partial charge in [0.2, 0.25) is 5.91 Å². The summed E-state index contributed by atoms with van der Waals surface area (Å²) in [7, 11) is 0. The summed E-state index contributed by atoms with van der Waals surface area (Å²) < 4.78 is 0.888. The summed E-state index contributed by atoms with van der Waals surface area (Å²) in [6.07, 6.45) is 1.61. The molecule has 90 valence electrons. The van der Waals surface area contributed by atoms with E-state index in [4.69, 9.17) is 0 Å². The molecule has 1 aromatic carbocycles. The number of carbonyl (C=O) groups is 2. The second kappa shape index (κ2) is 5.48. The molecule has 0 unspecified atom stereocenters. The van der Waals surface area contributed by atoms with E-state index in [1.807, 2.05) is 18.2 Å². The Kier molecular flexibility index (Phi) is 3.98. The van der Waals surface area contributed by atoms with Crippen LogP contribution < -0.4 is 10.6 Å². The normalized spacial score (nSPS) is 19.6. The highest BCUT2D eigenvalue weighted by Crippen LogP contribution is 2.12. The minimum absolute atomic E-state index is 0.0875. The van der Waals surface area contributed by atoms with E-state index in [1.165, 1.54) is 0 Å². The van der Waals surface area contributed by atoms with Gasteiger partial charge in [-0.05, 0) is 47.6 Å². The molecule has 4 nitrogen and oxygen atoms in total. The zero-order valence-electron chi connectivity index (χ0n) is 9.20.